The Balaban J connectivity index is 2.07. The van der Waals surface area contributed by atoms with E-state index in [-0.39, 0.29) is 5.70 Å². The van der Waals surface area contributed by atoms with Crippen molar-refractivity contribution in [2.45, 2.75) is 4.75 Å². The maximum Gasteiger partial charge on any atom is 0.354 e. The topological polar surface area (TPSA) is 62.1 Å². The zero-order valence-corrected chi connectivity index (χ0v) is 10.8. The van der Waals surface area contributed by atoms with Crippen molar-refractivity contribution in [2.24, 2.45) is 4.99 Å². The molecule has 0 radical (unpaired) electrons. The van der Waals surface area contributed by atoms with Crippen LogP contribution in [-0.4, -0.2) is 39.6 Å². The summed E-state index contributed by atoms with van der Waals surface area (Å²) in [5.74, 6) is -0.261. The molecule has 0 aromatic heterocycles. The van der Waals surface area contributed by atoms with Crippen LogP contribution in [0.5, 0.6) is 0 Å². The van der Waals surface area contributed by atoms with Crippen molar-refractivity contribution < 1.29 is 14.6 Å². The highest BCUT2D eigenvalue weighted by atomic mass is 32.2. The van der Waals surface area contributed by atoms with Crippen molar-refractivity contribution in [1.29, 1.82) is 0 Å². The van der Waals surface area contributed by atoms with E-state index >= 15 is 0 Å². The number of aliphatic carboxylic acids is 1. The van der Waals surface area contributed by atoms with Crippen LogP contribution < -0.4 is 0 Å². The maximum absolute atomic E-state index is 11.1. The summed E-state index contributed by atoms with van der Waals surface area (Å²) in [6, 6.07) is 0. The number of thioether (sulfide) groups is 1. The summed E-state index contributed by atoms with van der Waals surface area (Å²) >= 11 is 1.58. The number of carboxylic acid groups (broad SMARTS) is 1. The minimum absolute atomic E-state index is 0.0985. The standard InChI is InChI=1S/C13H12N2O3S/c16-11(17)10-2-6-15-5-1-9-19-13(12(15)14-10)3-7-18-8-4-13/h1-4,7-9H,5-6H2,(H,16,17). The Labute approximate surface area is 114 Å². The predicted molar refractivity (Wildman–Crippen MR) is 73.6 cm³/mol. The van der Waals surface area contributed by atoms with Gasteiger partial charge in [-0.05, 0) is 23.6 Å². The van der Waals surface area contributed by atoms with Gasteiger partial charge in [0.15, 0.2) is 0 Å². The van der Waals surface area contributed by atoms with Crippen LogP contribution >= 0.6 is 11.8 Å². The molecule has 0 saturated heterocycles. The third kappa shape index (κ3) is 2.08. The van der Waals surface area contributed by atoms with Crippen LogP contribution in [0.2, 0.25) is 0 Å². The number of nitrogens with zero attached hydrogens (tertiary/aromatic N) is 2. The number of ether oxygens (including phenoxy) is 1. The molecule has 3 aliphatic heterocycles. The van der Waals surface area contributed by atoms with Crippen molar-refractivity contribution in [2.75, 3.05) is 13.1 Å². The van der Waals surface area contributed by atoms with Crippen LogP contribution in [0, 0.1) is 0 Å². The highest BCUT2D eigenvalue weighted by Gasteiger charge is 2.39. The lowest BCUT2D eigenvalue weighted by molar-refractivity contribution is -0.132. The first-order valence-electron chi connectivity index (χ1n) is 5.82. The van der Waals surface area contributed by atoms with Gasteiger partial charge < -0.3 is 14.7 Å². The van der Waals surface area contributed by atoms with Gasteiger partial charge in [-0.1, -0.05) is 6.08 Å². The second kappa shape index (κ2) is 4.62. The third-order valence-corrected chi connectivity index (χ3v) is 4.25. The molecule has 3 heterocycles. The van der Waals surface area contributed by atoms with E-state index < -0.39 is 10.7 Å². The molecule has 5 nitrogen and oxygen atoms in total. The smallest absolute Gasteiger partial charge is 0.354 e. The molecular weight excluding hydrogens is 264 g/mol. The van der Waals surface area contributed by atoms with Crippen LogP contribution in [0.1, 0.15) is 0 Å². The van der Waals surface area contributed by atoms with Gasteiger partial charge in [0.25, 0.3) is 0 Å². The fourth-order valence-corrected chi connectivity index (χ4v) is 3.09. The molecule has 0 bridgehead atoms. The Morgan fingerprint density at radius 1 is 1.42 bits per heavy atom. The van der Waals surface area contributed by atoms with E-state index in [0.29, 0.717) is 6.54 Å². The molecule has 6 heteroatoms. The van der Waals surface area contributed by atoms with Crippen molar-refractivity contribution in [3.8, 4) is 0 Å². The van der Waals surface area contributed by atoms with Crippen molar-refractivity contribution in [3.05, 3.63) is 47.9 Å². The van der Waals surface area contributed by atoms with Crippen molar-refractivity contribution >= 4 is 23.6 Å². The number of amidine groups is 1. The Hall–Kier alpha value is -1.95. The molecule has 0 unspecified atom stereocenters. The van der Waals surface area contributed by atoms with Gasteiger partial charge in [-0.25, -0.2) is 9.79 Å². The number of hydrogen-bond donors (Lipinski definition) is 1. The van der Waals surface area contributed by atoms with Gasteiger partial charge in [-0.2, -0.15) is 0 Å². The maximum atomic E-state index is 11.1. The Bertz CT molecular complexity index is 548. The third-order valence-electron chi connectivity index (χ3n) is 3.07. The lowest BCUT2D eigenvalue weighted by Crippen LogP contribution is -2.46. The molecule has 0 aliphatic carbocycles. The van der Waals surface area contributed by atoms with Gasteiger partial charge in [-0.3, -0.25) is 0 Å². The molecule has 98 valence electrons. The average molecular weight is 276 g/mol. The van der Waals surface area contributed by atoms with Crippen LogP contribution in [0.15, 0.2) is 52.9 Å². The van der Waals surface area contributed by atoms with Crippen molar-refractivity contribution in [3.63, 3.8) is 0 Å². The number of rotatable bonds is 1. The molecule has 0 aromatic carbocycles. The molecule has 0 saturated carbocycles. The number of aliphatic imine (C=N–C) groups is 1. The monoisotopic (exact) mass is 276 g/mol. The summed E-state index contributed by atoms with van der Waals surface area (Å²) in [6.45, 7) is 1.27. The van der Waals surface area contributed by atoms with E-state index in [1.165, 1.54) is 0 Å². The van der Waals surface area contributed by atoms with Gasteiger partial charge in [0.1, 0.15) is 16.3 Å². The largest absolute Gasteiger partial charge is 0.477 e. The number of fused-ring (bicyclic) bond motifs is 2. The van der Waals surface area contributed by atoms with Crippen LogP contribution in [-0.2, 0) is 9.53 Å². The summed E-state index contributed by atoms with van der Waals surface area (Å²) in [6.07, 6.45) is 10.7. The zero-order chi connectivity index (χ0) is 13.3. The fourth-order valence-electron chi connectivity index (χ4n) is 2.14. The molecule has 1 N–H and O–H groups in total. The van der Waals surface area contributed by atoms with E-state index in [9.17, 15) is 4.79 Å². The summed E-state index contributed by atoms with van der Waals surface area (Å²) in [7, 11) is 0. The minimum Gasteiger partial charge on any atom is -0.477 e. The molecule has 3 aliphatic rings. The SMILES string of the molecule is O=C(O)C1=CCN2CC=CSC3(C=COC=C3)C2=N1. The molecule has 0 aromatic rings. The van der Waals surface area contributed by atoms with E-state index in [0.717, 1.165) is 12.4 Å². The molecular formula is C13H12N2O3S. The first-order valence-corrected chi connectivity index (χ1v) is 6.70. The number of hydrogen-bond acceptors (Lipinski definition) is 5. The Morgan fingerprint density at radius 2 is 2.21 bits per heavy atom. The van der Waals surface area contributed by atoms with E-state index in [1.54, 1.807) is 30.4 Å². The normalized spacial score (nSPS) is 23.3. The summed E-state index contributed by atoms with van der Waals surface area (Å²) < 4.78 is 4.60. The fraction of sp³-hybridized carbons (Fsp3) is 0.231. The molecule has 0 fully saturated rings. The quantitative estimate of drug-likeness (QED) is 0.790. The number of carboxylic acids is 1. The number of carbonyl (C=O) groups is 1. The predicted octanol–water partition coefficient (Wildman–Crippen LogP) is 1.73. The lowest BCUT2D eigenvalue weighted by Gasteiger charge is -2.35. The lowest BCUT2D eigenvalue weighted by atomic mass is 10.0. The Kier molecular flexibility index (Phi) is 2.94. The van der Waals surface area contributed by atoms with Crippen molar-refractivity contribution in [1.82, 2.24) is 4.90 Å². The van der Waals surface area contributed by atoms with Crippen LogP contribution in [0.3, 0.4) is 0 Å². The van der Waals surface area contributed by atoms with Gasteiger partial charge in [-0.15, -0.1) is 11.8 Å². The van der Waals surface area contributed by atoms with E-state index in [1.807, 2.05) is 23.6 Å². The highest BCUT2D eigenvalue weighted by Crippen LogP contribution is 2.37. The van der Waals surface area contributed by atoms with Gasteiger partial charge >= 0.3 is 5.97 Å². The first kappa shape index (κ1) is 12.1. The van der Waals surface area contributed by atoms with Gasteiger partial charge in [0, 0.05) is 13.1 Å². The molecule has 0 atom stereocenters. The zero-order valence-electron chi connectivity index (χ0n) is 10.0. The summed E-state index contributed by atoms with van der Waals surface area (Å²) in [5.41, 5.74) is 0.0985. The average Bonchev–Trinajstić information content (AvgIpc) is 2.60. The first-order chi connectivity index (χ1) is 9.21. The molecule has 19 heavy (non-hydrogen) atoms. The second-order valence-electron chi connectivity index (χ2n) is 4.26. The second-order valence-corrected chi connectivity index (χ2v) is 5.44. The molecule has 3 rings (SSSR count). The molecule has 1 spiro atoms. The van der Waals surface area contributed by atoms with E-state index in [2.05, 4.69) is 9.89 Å². The van der Waals surface area contributed by atoms with Crippen LogP contribution in [0.25, 0.3) is 0 Å². The summed E-state index contributed by atoms with van der Waals surface area (Å²) in [4.78, 5) is 17.5. The van der Waals surface area contributed by atoms with Gasteiger partial charge in [0.2, 0.25) is 0 Å². The minimum atomic E-state index is -0.996. The Morgan fingerprint density at radius 3 is 2.95 bits per heavy atom. The van der Waals surface area contributed by atoms with Crippen LogP contribution in [0.4, 0.5) is 0 Å². The highest BCUT2D eigenvalue weighted by molar-refractivity contribution is 8.04. The van der Waals surface area contributed by atoms with E-state index in [4.69, 9.17) is 9.84 Å². The summed E-state index contributed by atoms with van der Waals surface area (Å²) in [5, 5.41) is 11.1. The molecule has 0 amide bonds. The van der Waals surface area contributed by atoms with Gasteiger partial charge in [0.05, 0.1) is 12.5 Å².